The number of amidine groups is 1. The molecule has 2 unspecified atom stereocenters. The molecule has 0 aliphatic carbocycles. The van der Waals surface area contributed by atoms with Gasteiger partial charge in [0.25, 0.3) is 0 Å². The van der Waals surface area contributed by atoms with Crippen LogP contribution in [0.4, 0.5) is 0 Å². The summed E-state index contributed by atoms with van der Waals surface area (Å²) < 4.78 is 10.9. The van der Waals surface area contributed by atoms with Gasteiger partial charge in [0, 0.05) is 0 Å². The lowest BCUT2D eigenvalue weighted by Gasteiger charge is -2.33. The molecule has 4 rings (SSSR count). The van der Waals surface area contributed by atoms with E-state index in [9.17, 15) is 9.59 Å². The number of hydrogen-bond acceptors (Lipinski definition) is 6. The number of aliphatic imine (C=N–C) groups is 1. The number of hydrogen-bond donors (Lipinski definition) is 0. The zero-order valence-electron chi connectivity index (χ0n) is 17.7. The summed E-state index contributed by atoms with van der Waals surface area (Å²) >= 11 is 1.45. The molecule has 0 spiro atoms. The zero-order chi connectivity index (χ0) is 22.0. The van der Waals surface area contributed by atoms with E-state index in [4.69, 9.17) is 9.47 Å². The number of thioether (sulfide) groups is 1. The fourth-order valence-electron chi connectivity index (χ4n) is 3.75. The molecule has 0 N–H and O–H groups in total. The molecule has 0 bridgehead atoms. The molecule has 31 heavy (non-hydrogen) atoms. The summed E-state index contributed by atoms with van der Waals surface area (Å²) in [6.07, 6.45) is 0.696. The van der Waals surface area contributed by atoms with Gasteiger partial charge in [-0.15, -0.1) is 0 Å². The van der Waals surface area contributed by atoms with Gasteiger partial charge in [-0.1, -0.05) is 61.2 Å². The van der Waals surface area contributed by atoms with Crippen LogP contribution in [0.15, 0.2) is 70.9 Å². The molecule has 1 saturated heterocycles. The maximum absolute atomic E-state index is 13.2. The number of ether oxygens (including phenoxy) is 2. The van der Waals surface area contributed by atoms with E-state index in [2.05, 4.69) is 4.99 Å². The maximum atomic E-state index is 13.2. The van der Waals surface area contributed by atoms with Crippen molar-refractivity contribution in [2.45, 2.75) is 38.2 Å². The first-order chi connectivity index (χ1) is 15.0. The molecule has 2 aliphatic heterocycles. The molecule has 7 heteroatoms. The summed E-state index contributed by atoms with van der Waals surface area (Å²) in [6.45, 7) is 3.93. The predicted octanol–water partition coefficient (Wildman–Crippen LogP) is 4.48. The molecule has 2 aromatic carbocycles. The number of allylic oxidation sites excluding steroid dienone is 1. The largest absolute Gasteiger partial charge is 0.497 e. The molecule has 0 saturated carbocycles. The van der Waals surface area contributed by atoms with Crippen LogP contribution in [0.25, 0.3) is 0 Å². The highest BCUT2D eigenvalue weighted by atomic mass is 32.2. The number of rotatable bonds is 6. The molecule has 1 amide bonds. The van der Waals surface area contributed by atoms with E-state index in [1.54, 1.807) is 18.9 Å². The van der Waals surface area contributed by atoms with Crippen molar-refractivity contribution in [2.75, 3.05) is 7.11 Å². The van der Waals surface area contributed by atoms with Crippen LogP contribution in [0.5, 0.6) is 5.75 Å². The normalized spacial score (nSPS) is 20.4. The number of methoxy groups -OCH3 is 1. The molecule has 1 fully saturated rings. The summed E-state index contributed by atoms with van der Waals surface area (Å²) in [4.78, 5) is 32.6. The Bertz CT molecular complexity index is 1050. The van der Waals surface area contributed by atoms with Crippen LogP contribution in [-0.4, -0.2) is 34.3 Å². The molecule has 160 valence electrons. The van der Waals surface area contributed by atoms with Gasteiger partial charge in [-0.25, -0.2) is 9.79 Å². The van der Waals surface area contributed by atoms with Gasteiger partial charge in [-0.05, 0) is 36.6 Å². The Kier molecular flexibility index (Phi) is 6.13. The van der Waals surface area contributed by atoms with Crippen LogP contribution in [0, 0.1) is 0 Å². The third-order valence-corrected chi connectivity index (χ3v) is 6.70. The molecular formula is C24H24N2O4S. The van der Waals surface area contributed by atoms with E-state index in [0.29, 0.717) is 28.6 Å². The van der Waals surface area contributed by atoms with Gasteiger partial charge in [0.05, 0.1) is 29.7 Å². The maximum Gasteiger partial charge on any atom is 0.338 e. The quantitative estimate of drug-likeness (QED) is 0.625. The summed E-state index contributed by atoms with van der Waals surface area (Å²) in [5.74, 6) is 0.201. The Morgan fingerprint density at radius 1 is 1.13 bits per heavy atom. The Morgan fingerprint density at radius 3 is 2.48 bits per heavy atom. The number of benzene rings is 2. The third kappa shape index (κ3) is 4.10. The highest BCUT2D eigenvalue weighted by Crippen LogP contribution is 2.44. The fourth-order valence-corrected chi connectivity index (χ4v) is 4.89. The molecule has 0 aromatic heterocycles. The van der Waals surface area contributed by atoms with Gasteiger partial charge in [0.2, 0.25) is 5.91 Å². The monoisotopic (exact) mass is 436 g/mol. The fraction of sp³-hybridized carbons (Fsp3) is 0.292. The van der Waals surface area contributed by atoms with Crippen molar-refractivity contribution in [3.8, 4) is 5.75 Å². The minimum absolute atomic E-state index is 0.0343. The van der Waals surface area contributed by atoms with E-state index in [-0.39, 0.29) is 17.8 Å². The highest BCUT2D eigenvalue weighted by molar-refractivity contribution is 8.15. The standard InChI is InChI=1S/C24H24N2O4S/c1-4-19-22(27)26-21(17-10-12-18(29-3)13-11-17)20(15(2)25-24(26)31-19)23(28)30-14-16-8-6-5-7-9-16/h5-13,19,21H,4,14H2,1-3H3. The van der Waals surface area contributed by atoms with Crippen LogP contribution >= 0.6 is 11.8 Å². The molecule has 0 radical (unpaired) electrons. The van der Waals surface area contributed by atoms with Crippen molar-refractivity contribution >= 4 is 28.8 Å². The topological polar surface area (TPSA) is 68.2 Å². The van der Waals surface area contributed by atoms with Crippen LogP contribution in [0.2, 0.25) is 0 Å². The molecular weight excluding hydrogens is 412 g/mol. The van der Waals surface area contributed by atoms with Crippen LogP contribution in [0.1, 0.15) is 37.4 Å². The number of nitrogens with zero attached hydrogens (tertiary/aromatic N) is 2. The number of amides is 1. The second-order valence-electron chi connectivity index (χ2n) is 7.35. The van der Waals surface area contributed by atoms with Crippen molar-refractivity contribution in [2.24, 2.45) is 4.99 Å². The summed E-state index contributed by atoms with van der Waals surface area (Å²) in [5, 5.41) is 0.432. The van der Waals surface area contributed by atoms with Gasteiger partial charge < -0.3 is 9.47 Å². The Hall–Kier alpha value is -3.06. The van der Waals surface area contributed by atoms with Crippen molar-refractivity contribution < 1.29 is 19.1 Å². The lowest BCUT2D eigenvalue weighted by molar-refractivity contribution is -0.141. The Balaban J connectivity index is 1.70. The van der Waals surface area contributed by atoms with Crippen LogP contribution in [0.3, 0.4) is 0 Å². The molecule has 2 aromatic rings. The number of esters is 1. The summed E-state index contributed by atoms with van der Waals surface area (Å²) in [5.41, 5.74) is 2.66. The third-order valence-electron chi connectivity index (χ3n) is 5.39. The highest BCUT2D eigenvalue weighted by Gasteiger charge is 2.47. The number of carbonyl (C=O) groups is 2. The van der Waals surface area contributed by atoms with Crippen LogP contribution in [-0.2, 0) is 20.9 Å². The predicted molar refractivity (Wildman–Crippen MR) is 121 cm³/mol. The second-order valence-corrected chi connectivity index (χ2v) is 8.52. The Labute approximate surface area is 185 Å². The van der Waals surface area contributed by atoms with Crippen molar-refractivity contribution in [3.63, 3.8) is 0 Å². The van der Waals surface area contributed by atoms with E-state index >= 15 is 0 Å². The first-order valence-electron chi connectivity index (χ1n) is 10.2. The summed E-state index contributed by atoms with van der Waals surface area (Å²) in [6, 6.07) is 16.3. The number of fused-ring (bicyclic) bond motifs is 1. The molecule has 6 nitrogen and oxygen atoms in total. The smallest absolute Gasteiger partial charge is 0.338 e. The van der Waals surface area contributed by atoms with Gasteiger partial charge >= 0.3 is 5.97 Å². The van der Waals surface area contributed by atoms with Crippen LogP contribution < -0.4 is 4.74 Å². The van der Waals surface area contributed by atoms with Gasteiger partial charge in [0.1, 0.15) is 12.4 Å². The average molecular weight is 437 g/mol. The average Bonchev–Trinajstić information content (AvgIpc) is 3.12. The molecule has 2 heterocycles. The first kappa shape index (κ1) is 21.2. The van der Waals surface area contributed by atoms with E-state index in [1.807, 2.05) is 61.5 Å². The minimum Gasteiger partial charge on any atom is -0.497 e. The lowest BCUT2D eigenvalue weighted by Crippen LogP contribution is -2.40. The second kappa shape index (κ2) is 8.98. The summed E-state index contributed by atoms with van der Waals surface area (Å²) in [7, 11) is 1.60. The first-order valence-corrected chi connectivity index (χ1v) is 11.1. The SMILES string of the molecule is CCC1SC2=NC(C)=C(C(=O)OCc3ccccc3)C(c3ccc(OC)cc3)N2C1=O. The van der Waals surface area contributed by atoms with Crippen molar-refractivity contribution in [1.82, 2.24) is 4.90 Å². The Morgan fingerprint density at radius 2 is 1.84 bits per heavy atom. The van der Waals surface area contributed by atoms with Gasteiger partial charge in [0.15, 0.2) is 5.17 Å². The van der Waals surface area contributed by atoms with Gasteiger partial charge in [-0.2, -0.15) is 0 Å². The van der Waals surface area contributed by atoms with Crippen molar-refractivity contribution in [3.05, 3.63) is 77.0 Å². The zero-order valence-corrected chi connectivity index (χ0v) is 18.5. The van der Waals surface area contributed by atoms with E-state index in [1.165, 1.54) is 11.8 Å². The van der Waals surface area contributed by atoms with E-state index < -0.39 is 12.0 Å². The van der Waals surface area contributed by atoms with E-state index in [0.717, 1.165) is 11.1 Å². The minimum atomic E-state index is -0.585. The lowest BCUT2D eigenvalue weighted by atomic mass is 9.94. The molecule has 2 atom stereocenters. The number of carbonyl (C=O) groups excluding carboxylic acids is 2. The van der Waals surface area contributed by atoms with Gasteiger partial charge in [-0.3, -0.25) is 9.69 Å². The molecule has 2 aliphatic rings. The van der Waals surface area contributed by atoms with Crippen molar-refractivity contribution in [1.29, 1.82) is 0 Å².